The van der Waals surface area contributed by atoms with Gasteiger partial charge >= 0.3 is 0 Å². The van der Waals surface area contributed by atoms with Crippen LogP contribution in [0, 0.1) is 6.92 Å². The van der Waals surface area contributed by atoms with Gasteiger partial charge in [-0.15, -0.1) is 0 Å². The topological polar surface area (TPSA) is 38.7 Å². The van der Waals surface area contributed by atoms with E-state index in [-0.39, 0.29) is 5.54 Å². The van der Waals surface area contributed by atoms with Gasteiger partial charge in [0.05, 0.1) is 12.6 Å². The molecule has 0 N–H and O–H groups in total. The lowest BCUT2D eigenvalue weighted by atomic mass is 9.99. The SMILES string of the molecule is COc1ccc(C2(N=C=O)CC2)c(C)c1. The highest BCUT2D eigenvalue weighted by atomic mass is 16.5. The largest absolute Gasteiger partial charge is 0.497 e. The molecule has 15 heavy (non-hydrogen) atoms. The standard InChI is InChI=1S/C12H13NO2/c1-9-7-10(15-2)3-4-11(9)12(5-6-12)13-8-14/h3-4,7H,5-6H2,1-2H3. The van der Waals surface area contributed by atoms with Crippen molar-refractivity contribution in [3.8, 4) is 5.75 Å². The smallest absolute Gasteiger partial charge is 0.235 e. The van der Waals surface area contributed by atoms with Crippen molar-refractivity contribution < 1.29 is 9.53 Å². The fourth-order valence-corrected chi connectivity index (χ4v) is 1.93. The normalized spacial score (nSPS) is 16.7. The van der Waals surface area contributed by atoms with E-state index in [2.05, 4.69) is 4.99 Å². The summed E-state index contributed by atoms with van der Waals surface area (Å²) >= 11 is 0. The molecule has 0 aromatic heterocycles. The summed E-state index contributed by atoms with van der Waals surface area (Å²) < 4.78 is 5.14. The molecule has 78 valence electrons. The Morgan fingerprint density at radius 1 is 1.47 bits per heavy atom. The minimum Gasteiger partial charge on any atom is -0.497 e. The van der Waals surface area contributed by atoms with Gasteiger partial charge in [0.25, 0.3) is 0 Å². The minimum atomic E-state index is -0.280. The van der Waals surface area contributed by atoms with E-state index in [1.165, 1.54) is 0 Å². The predicted molar refractivity (Wildman–Crippen MR) is 56.8 cm³/mol. The molecule has 3 nitrogen and oxygen atoms in total. The maximum absolute atomic E-state index is 10.4. The lowest BCUT2D eigenvalue weighted by Gasteiger charge is -2.12. The van der Waals surface area contributed by atoms with Crippen molar-refractivity contribution in [2.75, 3.05) is 7.11 Å². The van der Waals surface area contributed by atoms with Crippen LogP contribution in [0.2, 0.25) is 0 Å². The maximum Gasteiger partial charge on any atom is 0.235 e. The molecule has 0 amide bonds. The summed E-state index contributed by atoms with van der Waals surface area (Å²) in [6.07, 6.45) is 3.55. The zero-order chi connectivity index (χ0) is 10.9. The van der Waals surface area contributed by atoms with E-state index >= 15 is 0 Å². The van der Waals surface area contributed by atoms with Crippen molar-refractivity contribution >= 4 is 6.08 Å². The Bertz CT molecular complexity index is 429. The van der Waals surface area contributed by atoms with E-state index in [0.717, 1.165) is 29.7 Å². The summed E-state index contributed by atoms with van der Waals surface area (Å²) in [6.45, 7) is 2.01. The number of isocyanates is 1. The highest BCUT2D eigenvalue weighted by Gasteiger charge is 2.45. The fourth-order valence-electron chi connectivity index (χ4n) is 1.93. The first-order valence-electron chi connectivity index (χ1n) is 4.96. The number of hydrogen-bond donors (Lipinski definition) is 0. The number of ether oxygens (including phenoxy) is 1. The average Bonchev–Trinajstić information content (AvgIpc) is 2.99. The Morgan fingerprint density at radius 3 is 2.67 bits per heavy atom. The van der Waals surface area contributed by atoms with Crippen LogP contribution in [0.5, 0.6) is 5.75 Å². The van der Waals surface area contributed by atoms with Crippen molar-refractivity contribution in [3.05, 3.63) is 29.3 Å². The van der Waals surface area contributed by atoms with E-state index in [4.69, 9.17) is 4.74 Å². The summed E-state index contributed by atoms with van der Waals surface area (Å²) in [5.41, 5.74) is 1.95. The molecule has 1 saturated carbocycles. The Morgan fingerprint density at radius 2 is 2.20 bits per heavy atom. The number of methoxy groups -OCH3 is 1. The van der Waals surface area contributed by atoms with Gasteiger partial charge in [-0.2, -0.15) is 4.99 Å². The third-order valence-corrected chi connectivity index (χ3v) is 2.92. The lowest BCUT2D eigenvalue weighted by Crippen LogP contribution is -2.04. The Balaban J connectivity index is 2.41. The molecular formula is C12H13NO2. The molecule has 0 radical (unpaired) electrons. The van der Waals surface area contributed by atoms with Gasteiger partial charge in [0, 0.05) is 0 Å². The van der Waals surface area contributed by atoms with Gasteiger partial charge in [0.2, 0.25) is 6.08 Å². The summed E-state index contributed by atoms with van der Waals surface area (Å²) in [4.78, 5) is 14.3. The second kappa shape index (κ2) is 3.52. The van der Waals surface area contributed by atoms with Crippen molar-refractivity contribution in [1.82, 2.24) is 0 Å². The number of aryl methyl sites for hydroxylation is 1. The third kappa shape index (κ3) is 1.66. The van der Waals surface area contributed by atoms with Crippen LogP contribution in [0.25, 0.3) is 0 Å². The average molecular weight is 203 g/mol. The molecule has 0 atom stereocenters. The van der Waals surface area contributed by atoms with E-state index < -0.39 is 0 Å². The molecule has 0 aliphatic heterocycles. The summed E-state index contributed by atoms with van der Waals surface area (Å²) in [7, 11) is 1.64. The first kappa shape index (κ1) is 9.94. The van der Waals surface area contributed by atoms with E-state index in [1.54, 1.807) is 13.2 Å². The van der Waals surface area contributed by atoms with Crippen LogP contribution in [-0.4, -0.2) is 13.2 Å². The van der Waals surface area contributed by atoms with E-state index in [1.807, 2.05) is 25.1 Å². The van der Waals surface area contributed by atoms with Gasteiger partial charge in [0.15, 0.2) is 0 Å². The van der Waals surface area contributed by atoms with Crippen LogP contribution < -0.4 is 4.74 Å². The third-order valence-electron chi connectivity index (χ3n) is 2.92. The molecule has 0 heterocycles. The van der Waals surface area contributed by atoms with Crippen LogP contribution in [0.15, 0.2) is 23.2 Å². The zero-order valence-electron chi connectivity index (χ0n) is 8.91. The number of benzene rings is 1. The zero-order valence-corrected chi connectivity index (χ0v) is 8.91. The molecule has 0 spiro atoms. The van der Waals surface area contributed by atoms with Gasteiger partial charge in [-0.25, -0.2) is 4.79 Å². The fraction of sp³-hybridized carbons (Fsp3) is 0.417. The first-order valence-corrected chi connectivity index (χ1v) is 4.96. The molecule has 0 unspecified atom stereocenters. The molecule has 1 fully saturated rings. The number of aliphatic imine (C=N–C) groups is 1. The Labute approximate surface area is 88.8 Å². The van der Waals surface area contributed by atoms with Gasteiger partial charge in [-0.1, -0.05) is 6.07 Å². The number of nitrogens with zero attached hydrogens (tertiary/aromatic N) is 1. The van der Waals surface area contributed by atoms with E-state index in [0.29, 0.717) is 0 Å². The van der Waals surface area contributed by atoms with Crippen molar-refractivity contribution in [3.63, 3.8) is 0 Å². The van der Waals surface area contributed by atoms with Crippen molar-refractivity contribution in [2.24, 2.45) is 4.99 Å². The quantitative estimate of drug-likeness (QED) is 0.558. The Kier molecular flexibility index (Phi) is 2.33. The molecule has 0 bridgehead atoms. The summed E-state index contributed by atoms with van der Waals surface area (Å²) in [6, 6.07) is 5.86. The first-order chi connectivity index (χ1) is 7.22. The molecule has 0 saturated heterocycles. The van der Waals surface area contributed by atoms with Crippen LogP contribution >= 0.6 is 0 Å². The highest BCUT2D eigenvalue weighted by molar-refractivity contribution is 5.46. The number of rotatable bonds is 3. The van der Waals surface area contributed by atoms with Gasteiger partial charge in [-0.05, 0) is 43.0 Å². The van der Waals surface area contributed by atoms with Crippen LogP contribution in [0.1, 0.15) is 24.0 Å². The van der Waals surface area contributed by atoms with Crippen LogP contribution in [0.4, 0.5) is 0 Å². The Hall–Kier alpha value is -1.60. The molecule has 1 aromatic carbocycles. The maximum atomic E-state index is 10.4. The molecule has 3 heteroatoms. The monoisotopic (exact) mass is 203 g/mol. The molecule has 1 aliphatic rings. The second-order valence-corrected chi connectivity index (χ2v) is 3.92. The molecule has 1 aliphatic carbocycles. The van der Waals surface area contributed by atoms with Crippen molar-refractivity contribution in [2.45, 2.75) is 25.3 Å². The highest BCUT2D eigenvalue weighted by Crippen LogP contribution is 2.50. The van der Waals surface area contributed by atoms with Crippen LogP contribution in [-0.2, 0) is 10.3 Å². The van der Waals surface area contributed by atoms with E-state index in [9.17, 15) is 4.79 Å². The van der Waals surface area contributed by atoms with Crippen molar-refractivity contribution in [1.29, 1.82) is 0 Å². The number of hydrogen-bond acceptors (Lipinski definition) is 3. The second-order valence-electron chi connectivity index (χ2n) is 3.92. The predicted octanol–water partition coefficient (Wildman–Crippen LogP) is 2.33. The molecule has 1 aromatic rings. The molecule has 2 rings (SSSR count). The summed E-state index contributed by atoms with van der Waals surface area (Å²) in [5.74, 6) is 0.835. The summed E-state index contributed by atoms with van der Waals surface area (Å²) in [5, 5.41) is 0. The van der Waals surface area contributed by atoms with Gasteiger partial charge < -0.3 is 4.74 Å². The lowest BCUT2D eigenvalue weighted by molar-refractivity contribution is 0.414. The minimum absolute atomic E-state index is 0.280. The van der Waals surface area contributed by atoms with Gasteiger partial charge in [0.1, 0.15) is 5.75 Å². The molecular weight excluding hydrogens is 190 g/mol. The van der Waals surface area contributed by atoms with Crippen LogP contribution in [0.3, 0.4) is 0 Å². The number of carbonyl (C=O) groups excluding carboxylic acids is 1. The van der Waals surface area contributed by atoms with Gasteiger partial charge in [-0.3, -0.25) is 0 Å².